The van der Waals surface area contributed by atoms with Crippen molar-refractivity contribution in [3.63, 3.8) is 0 Å². The van der Waals surface area contributed by atoms with E-state index in [1.54, 1.807) is 6.07 Å². The van der Waals surface area contributed by atoms with Crippen molar-refractivity contribution in [2.24, 2.45) is 0 Å². The summed E-state index contributed by atoms with van der Waals surface area (Å²) >= 11 is 0. The summed E-state index contributed by atoms with van der Waals surface area (Å²) in [6.07, 6.45) is 1.10. The van der Waals surface area contributed by atoms with E-state index in [2.05, 4.69) is 25.3 Å². The lowest BCUT2D eigenvalue weighted by Gasteiger charge is -2.23. The SMILES string of the molecule is CC.CNS(=O)(=O)c1ccc(N2CCC(F)(F)C2)c(Nc2cc(Nc3ccc(C)cc3)ncn2)c1. The number of rotatable bonds is 7. The first-order valence-electron chi connectivity index (χ1n) is 11.3. The van der Waals surface area contributed by atoms with E-state index in [1.807, 2.05) is 45.0 Å². The molecule has 2 aromatic carbocycles. The van der Waals surface area contributed by atoms with Crippen LogP contribution in [0, 0.1) is 6.92 Å². The van der Waals surface area contributed by atoms with E-state index in [-0.39, 0.29) is 17.9 Å². The van der Waals surface area contributed by atoms with Gasteiger partial charge in [0.2, 0.25) is 10.0 Å². The highest BCUT2D eigenvalue weighted by Gasteiger charge is 2.39. The topological polar surface area (TPSA) is 99.2 Å². The first-order chi connectivity index (χ1) is 16.6. The molecule has 0 spiro atoms. The number of halogens is 2. The number of anilines is 5. The summed E-state index contributed by atoms with van der Waals surface area (Å²) in [7, 11) is -2.42. The highest BCUT2D eigenvalue weighted by molar-refractivity contribution is 7.89. The van der Waals surface area contributed by atoms with Crippen LogP contribution >= 0.6 is 0 Å². The van der Waals surface area contributed by atoms with Gasteiger partial charge in [-0.05, 0) is 44.3 Å². The second kappa shape index (κ2) is 11.0. The van der Waals surface area contributed by atoms with Gasteiger partial charge in [0.1, 0.15) is 18.0 Å². The molecule has 4 rings (SSSR count). The average Bonchev–Trinajstić information content (AvgIpc) is 3.21. The Morgan fingerprint density at radius 2 is 1.63 bits per heavy atom. The van der Waals surface area contributed by atoms with Crippen molar-refractivity contribution in [3.05, 3.63) is 60.4 Å². The van der Waals surface area contributed by atoms with Gasteiger partial charge >= 0.3 is 0 Å². The maximum absolute atomic E-state index is 13.8. The van der Waals surface area contributed by atoms with Gasteiger partial charge in [0.15, 0.2) is 0 Å². The number of hydrogen-bond acceptors (Lipinski definition) is 7. The highest BCUT2D eigenvalue weighted by atomic mass is 32.2. The third-order valence-electron chi connectivity index (χ3n) is 5.31. The van der Waals surface area contributed by atoms with Crippen LogP contribution in [0.4, 0.5) is 37.5 Å². The lowest BCUT2D eigenvalue weighted by atomic mass is 10.2. The molecule has 11 heteroatoms. The molecule has 0 bridgehead atoms. The zero-order chi connectivity index (χ0) is 25.6. The molecule has 1 saturated heterocycles. The molecule has 1 aliphatic heterocycles. The van der Waals surface area contributed by atoms with Gasteiger partial charge in [-0.3, -0.25) is 0 Å². The summed E-state index contributed by atoms with van der Waals surface area (Å²) in [5, 5.41) is 6.25. The molecular formula is C24H30F2N6O2S. The molecule has 0 radical (unpaired) electrons. The van der Waals surface area contributed by atoms with Crippen LogP contribution in [-0.4, -0.2) is 44.4 Å². The minimum absolute atomic E-state index is 0.00858. The van der Waals surface area contributed by atoms with Crippen LogP contribution in [0.3, 0.4) is 0 Å². The predicted octanol–water partition coefficient (Wildman–Crippen LogP) is 5.05. The fourth-order valence-electron chi connectivity index (χ4n) is 3.53. The first kappa shape index (κ1) is 26.3. The number of hydrogen-bond donors (Lipinski definition) is 3. The number of nitrogens with zero attached hydrogens (tertiary/aromatic N) is 3. The zero-order valence-electron chi connectivity index (χ0n) is 20.1. The van der Waals surface area contributed by atoms with Crippen molar-refractivity contribution in [1.29, 1.82) is 0 Å². The molecule has 1 aliphatic rings. The Bertz CT molecular complexity index is 1250. The minimum Gasteiger partial charge on any atom is -0.364 e. The molecule has 3 N–H and O–H groups in total. The second-order valence-corrected chi connectivity index (χ2v) is 9.71. The summed E-state index contributed by atoms with van der Waals surface area (Å²) in [5.41, 5.74) is 2.78. The monoisotopic (exact) mass is 504 g/mol. The van der Waals surface area contributed by atoms with Crippen molar-refractivity contribution in [2.45, 2.75) is 38.0 Å². The number of nitrogens with one attached hydrogen (secondary N) is 3. The summed E-state index contributed by atoms with van der Waals surface area (Å²) in [6, 6.07) is 13.8. The molecular weight excluding hydrogens is 474 g/mol. The van der Waals surface area contributed by atoms with E-state index in [0.717, 1.165) is 11.3 Å². The van der Waals surface area contributed by atoms with Gasteiger partial charge in [-0.15, -0.1) is 0 Å². The van der Waals surface area contributed by atoms with Gasteiger partial charge in [-0.2, -0.15) is 0 Å². The molecule has 2 heterocycles. The van der Waals surface area contributed by atoms with Crippen molar-refractivity contribution in [2.75, 3.05) is 35.7 Å². The summed E-state index contributed by atoms with van der Waals surface area (Å²) in [4.78, 5) is 9.96. The van der Waals surface area contributed by atoms with E-state index in [9.17, 15) is 17.2 Å². The first-order valence-corrected chi connectivity index (χ1v) is 12.8. The summed E-state index contributed by atoms with van der Waals surface area (Å²) in [5.74, 6) is -1.90. The van der Waals surface area contributed by atoms with Crippen LogP contribution in [-0.2, 0) is 10.0 Å². The number of aryl methyl sites for hydroxylation is 1. The van der Waals surface area contributed by atoms with Crippen LogP contribution in [0.1, 0.15) is 25.8 Å². The molecule has 0 aliphatic carbocycles. The largest absolute Gasteiger partial charge is 0.364 e. The van der Waals surface area contributed by atoms with Gasteiger partial charge < -0.3 is 15.5 Å². The maximum atomic E-state index is 13.8. The fourth-order valence-corrected chi connectivity index (χ4v) is 4.29. The summed E-state index contributed by atoms with van der Waals surface area (Å²) < 4.78 is 54.6. The Labute approximate surface area is 204 Å². The van der Waals surface area contributed by atoms with Crippen molar-refractivity contribution >= 4 is 38.7 Å². The Kier molecular flexibility index (Phi) is 8.23. The quantitative estimate of drug-likeness (QED) is 0.414. The lowest BCUT2D eigenvalue weighted by molar-refractivity contribution is 0.0257. The standard InChI is InChI=1S/C22H24F2N6O2S.C2H6/c1-15-3-5-16(6-4-15)28-20-12-21(27-14-26-20)29-18-11-17(33(31,32)25-2)7-8-19(18)30-10-9-22(23,24)13-30;1-2/h3-8,11-12,14,25H,9-10,13H2,1-2H3,(H2,26,27,28,29);1-2H3. The molecule has 8 nitrogen and oxygen atoms in total. The highest BCUT2D eigenvalue weighted by Crippen LogP contribution is 2.37. The molecule has 188 valence electrons. The molecule has 1 fully saturated rings. The van der Waals surface area contributed by atoms with Crippen molar-refractivity contribution in [1.82, 2.24) is 14.7 Å². The Balaban J connectivity index is 0.00000167. The summed E-state index contributed by atoms with van der Waals surface area (Å²) in [6.45, 7) is 5.71. The van der Waals surface area contributed by atoms with Crippen LogP contribution in [0.5, 0.6) is 0 Å². The number of benzene rings is 2. The third-order valence-corrected chi connectivity index (χ3v) is 6.72. The molecule has 0 amide bonds. The zero-order valence-corrected chi connectivity index (χ0v) is 21.0. The van der Waals surface area contributed by atoms with Crippen molar-refractivity contribution < 1.29 is 17.2 Å². The lowest BCUT2D eigenvalue weighted by Crippen LogP contribution is -2.26. The molecule has 0 atom stereocenters. The van der Waals surface area contributed by atoms with Crippen LogP contribution in [0.25, 0.3) is 0 Å². The van der Waals surface area contributed by atoms with E-state index in [4.69, 9.17) is 0 Å². The second-order valence-electron chi connectivity index (χ2n) is 7.82. The van der Waals surface area contributed by atoms with Crippen LogP contribution in [0.2, 0.25) is 0 Å². The van der Waals surface area contributed by atoms with Gasteiger partial charge in [0.25, 0.3) is 5.92 Å². The molecule has 35 heavy (non-hydrogen) atoms. The fraction of sp³-hybridized carbons (Fsp3) is 0.333. The van der Waals surface area contributed by atoms with Gasteiger partial charge in [-0.25, -0.2) is 31.9 Å². The number of alkyl halides is 2. The van der Waals surface area contributed by atoms with E-state index < -0.39 is 22.5 Å². The molecule has 1 aromatic heterocycles. The molecule has 0 saturated carbocycles. The Hall–Kier alpha value is -3.31. The van der Waals surface area contributed by atoms with Gasteiger partial charge in [0.05, 0.1) is 22.8 Å². The minimum atomic E-state index is -3.73. The maximum Gasteiger partial charge on any atom is 0.266 e. The normalized spacial score (nSPS) is 14.7. The van der Waals surface area contributed by atoms with E-state index in [1.165, 1.54) is 36.5 Å². The van der Waals surface area contributed by atoms with Crippen LogP contribution in [0.15, 0.2) is 59.8 Å². The smallest absolute Gasteiger partial charge is 0.266 e. The third kappa shape index (κ3) is 6.64. The van der Waals surface area contributed by atoms with Crippen LogP contribution < -0.4 is 20.3 Å². The number of aromatic nitrogens is 2. The Morgan fingerprint density at radius 3 is 2.23 bits per heavy atom. The number of sulfonamides is 1. The predicted molar refractivity (Wildman–Crippen MR) is 136 cm³/mol. The Morgan fingerprint density at radius 1 is 0.971 bits per heavy atom. The van der Waals surface area contributed by atoms with Gasteiger partial charge in [-0.1, -0.05) is 31.5 Å². The van der Waals surface area contributed by atoms with Gasteiger partial charge in [0, 0.05) is 24.7 Å². The van der Waals surface area contributed by atoms with E-state index >= 15 is 0 Å². The van der Waals surface area contributed by atoms with Crippen molar-refractivity contribution in [3.8, 4) is 0 Å². The molecule has 3 aromatic rings. The molecule has 0 unspecified atom stereocenters. The average molecular weight is 505 g/mol. The van der Waals surface area contributed by atoms with E-state index in [0.29, 0.717) is 23.0 Å².